The first-order chi connectivity index (χ1) is 40.6. The quantitative estimate of drug-likeness (QED) is 0.0228. The van der Waals surface area contributed by atoms with Crippen LogP contribution in [0.2, 0.25) is 0 Å². The normalized spacial score (nSPS) is 18.1. The first kappa shape index (κ1) is 76.9. The maximum Gasteiger partial charge on any atom is 0.335 e. The van der Waals surface area contributed by atoms with E-state index in [1.165, 1.54) is 77.0 Å². The van der Waals surface area contributed by atoms with Crippen molar-refractivity contribution in [3.63, 3.8) is 0 Å². The van der Waals surface area contributed by atoms with Gasteiger partial charge in [0, 0.05) is 19.3 Å². The fourth-order valence-corrected chi connectivity index (χ4v) is 9.80. The van der Waals surface area contributed by atoms with E-state index in [4.69, 9.17) is 23.7 Å². The molecule has 1 heterocycles. The average molecular weight is 1170 g/mol. The van der Waals surface area contributed by atoms with Gasteiger partial charge in [0.25, 0.3) is 0 Å². The number of aliphatic hydroxyl groups excluding tert-OH is 2. The van der Waals surface area contributed by atoms with Crippen molar-refractivity contribution in [1.82, 2.24) is 0 Å². The van der Waals surface area contributed by atoms with Gasteiger partial charge in [0.2, 0.25) is 0 Å². The Morgan fingerprint density at radius 2 is 0.759 bits per heavy atom. The predicted octanol–water partition coefficient (Wildman–Crippen LogP) is 18.2. The lowest BCUT2D eigenvalue weighted by Gasteiger charge is -2.40. The van der Waals surface area contributed by atoms with E-state index in [0.717, 1.165) is 154 Å². The Morgan fingerprint density at radius 1 is 0.410 bits per heavy atom. The summed E-state index contributed by atoms with van der Waals surface area (Å²) in [4.78, 5) is 51.4. The van der Waals surface area contributed by atoms with Gasteiger partial charge >= 0.3 is 23.9 Å². The lowest BCUT2D eigenvalue weighted by molar-refractivity contribution is -0.301. The minimum Gasteiger partial charge on any atom is -0.479 e. The van der Waals surface area contributed by atoms with E-state index in [9.17, 15) is 34.5 Å². The molecule has 0 aromatic rings. The molecule has 0 aromatic carbocycles. The smallest absolute Gasteiger partial charge is 0.335 e. The third-order valence-corrected chi connectivity index (χ3v) is 14.9. The van der Waals surface area contributed by atoms with Crippen LogP contribution in [-0.4, -0.2) is 89.2 Å². The standard InChI is InChI=1S/C71H120O12/c1-4-7-10-13-16-19-22-25-28-31-32-35-36-39-42-45-48-51-54-57-63(72)79-60-62(81-64(73)58-55-52-49-46-43-40-37-33-29-26-23-20-17-14-11-8-5-2)61-80-71-69(67(76)66(75)68(83-71)70(77)78)82-65(74)59-56-53-50-47-44-41-38-34-30-27-24-21-18-15-12-9-6-3/h8,11,16-21,25-30,62,66-69,71,75-76H,4-7,9-10,12-15,22-24,31-61H2,1-3H3,(H,77,78)/b11-8-,19-16-,20-17-,21-18-,28-25-,29-26-,30-27-. The predicted molar refractivity (Wildman–Crippen MR) is 340 cm³/mol. The summed E-state index contributed by atoms with van der Waals surface area (Å²) in [5.74, 6) is -3.14. The first-order valence-corrected chi connectivity index (χ1v) is 33.6. The number of unbranched alkanes of at least 4 members (excludes halogenated alkanes) is 29. The number of carbonyl (C=O) groups is 4. The van der Waals surface area contributed by atoms with Crippen LogP contribution in [0.4, 0.5) is 0 Å². The zero-order valence-electron chi connectivity index (χ0n) is 52.7. The number of ether oxygens (including phenoxy) is 5. The Hall–Kier alpha value is -4.10. The maximum absolute atomic E-state index is 13.2. The summed E-state index contributed by atoms with van der Waals surface area (Å²) in [6.45, 7) is 5.85. The summed E-state index contributed by atoms with van der Waals surface area (Å²) in [6.07, 6.45) is 63.8. The number of rotatable bonds is 57. The van der Waals surface area contributed by atoms with Crippen molar-refractivity contribution in [3.8, 4) is 0 Å². The van der Waals surface area contributed by atoms with Crippen molar-refractivity contribution in [2.45, 2.75) is 327 Å². The van der Waals surface area contributed by atoms with Crippen LogP contribution >= 0.6 is 0 Å². The van der Waals surface area contributed by atoms with Crippen molar-refractivity contribution >= 4 is 23.9 Å². The van der Waals surface area contributed by atoms with Gasteiger partial charge in [0.1, 0.15) is 18.8 Å². The first-order valence-electron chi connectivity index (χ1n) is 33.6. The van der Waals surface area contributed by atoms with Gasteiger partial charge in [-0.3, -0.25) is 14.4 Å². The van der Waals surface area contributed by atoms with Gasteiger partial charge < -0.3 is 39.0 Å². The lowest BCUT2D eigenvalue weighted by Crippen LogP contribution is -2.61. The van der Waals surface area contributed by atoms with Crippen molar-refractivity contribution in [1.29, 1.82) is 0 Å². The number of carbonyl (C=O) groups excluding carboxylic acids is 3. The second-order valence-corrected chi connectivity index (χ2v) is 22.7. The van der Waals surface area contributed by atoms with Crippen LogP contribution in [0, 0.1) is 0 Å². The van der Waals surface area contributed by atoms with Crippen molar-refractivity contribution < 1.29 is 58.2 Å². The van der Waals surface area contributed by atoms with Gasteiger partial charge in [-0.25, -0.2) is 4.79 Å². The van der Waals surface area contributed by atoms with Crippen LogP contribution in [0.25, 0.3) is 0 Å². The summed E-state index contributed by atoms with van der Waals surface area (Å²) < 4.78 is 28.6. The molecule has 83 heavy (non-hydrogen) atoms. The summed E-state index contributed by atoms with van der Waals surface area (Å²) in [5.41, 5.74) is 0. The number of carboxylic acid groups (broad SMARTS) is 1. The van der Waals surface area contributed by atoms with Crippen molar-refractivity contribution in [3.05, 3.63) is 85.1 Å². The molecule has 1 fully saturated rings. The highest BCUT2D eigenvalue weighted by atomic mass is 16.7. The van der Waals surface area contributed by atoms with Gasteiger partial charge in [0.05, 0.1) is 6.61 Å². The van der Waals surface area contributed by atoms with Crippen LogP contribution < -0.4 is 0 Å². The molecule has 6 atom stereocenters. The number of hydrogen-bond donors (Lipinski definition) is 3. The molecule has 12 nitrogen and oxygen atoms in total. The largest absolute Gasteiger partial charge is 0.479 e. The molecule has 0 radical (unpaired) electrons. The summed E-state index contributed by atoms with van der Waals surface area (Å²) in [5, 5.41) is 31.6. The molecule has 0 aliphatic carbocycles. The number of carboxylic acids is 1. The maximum atomic E-state index is 13.2. The Kier molecular flexibility index (Phi) is 54.0. The zero-order valence-corrected chi connectivity index (χ0v) is 52.7. The fraction of sp³-hybridized carbons (Fsp3) is 0.746. The topological polar surface area (TPSA) is 175 Å². The molecule has 0 aromatic heterocycles. The van der Waals surface area contributed by atoms with E-state index in [-0.39, 0.29) is 25.9 Å². The third-order valence-electron chi connectivity index (χ3n) is 14.9. The Labute approximate surface area is 505 Å². The molecule has 1 aliphatic rings. The van der Waals surface area contributed by atoms with Crippen LogP contribution in [0.5, 0.6) is 0 Å². The highest BCUT2D eigenvalue weighted by molar-refractivity contribution is 5.74. The van der Waals surface area contributed by atoms with E-state index in [1.807, 2.05) is 0 Å². The van der Waals surface area contributed by atoms with Crippen LogP contribution in [0.3, 0.4) is 0 Å². The van der Waals surface area contributed by atoms with Crippen LogP contribution in [-0.2, 0) is 42.9 Å². The highest BCUT2D eigenvalue weighted by Gasteiger charge is 2.50. The molecule has 12 heteroatoms. The van der Waals surface area contributed by atoms with Gasteiger partial charge in [-0.05, 0) is 116 Å². The van der Waals surface area contributed by atoms with E-state index in [0.29, 0.717) is 19.3 Å². The Balaban J connectivity index is 2.66. The monoisotopic (exact) mass is 1160 g/mol. The molecule has 3 N–H and O–H groups in total. The number of hydrogen-bond acceptors (Lipinski definition) is 11. The molecule has 0 saturated carbocycles. The molecule has 0 spiro atoms. The average Bonchev–Trinajstić information content (AvgIpc) is 3.59. The molecule has 476 valence electrons. The second-order valence-electron chi connectivity index (χ2n) is 22.7. The number of aliphatic carboxylic acids is 1. The molecule has 1 saturated heterocycles. The Bertz CT molecular complexity index is 1760. The molecule has 0 bridgehead atoms. The minimum absolute atomic E-state index is 0.0480. The van der Waals surface area contributed by atoms with Gasteiger partial charge in [-0.15, -0.1) is 0 Å². The molecule has 1 rings (SSSR count). The Morgan fingerprint density at radius 3 is 1.16 bits per heavy atom. The highest BCUT2D eigenvalue weighted by Crippen LogP contribution is 2.27. The summed E-state index contributed by atoms with van der Waals surface area (Å²) in [6, 6.07) is 0. The van der Waals surface area contributed by atoms with Crippen molar-refractivity contribution in [2.75, 3.05) is 13.2 Å². The summed E-state index contributed by atoms with van der Waals surface area (Å²) in [7, 11) is 0. The van der Waals surface area contributed by atoms with Crippen molar-refractivity contribution in [2.24, 2.45) is 0 Å². The molecule has 0 amide bonds. The molecular weight excluding hydrogens is 1040 g/mol. The van der Waals surface area contributed by atoms with Gasteiger partial charge in [0.15, 0.2) is 24.6 Å². The van der Waals surface area contributed by atoms with E-state index in [1.54, 1.807) is 0 Å². The number of allylic oxidation sites excluding steroid dienone is 14. The molecular formula is C71H120O12. The van der Waals surface area contributed by atoms with E-state index in [2.05, 4.69) is 106 Å². The van der Waals surface area contributed by atoms with E-state index < -0.39 is 67.3 Å². The van der Waals surface area contributed by atoms with Crippen LogP contribution in [0.15, 0.2) is 85.1 Å². The summed E-state index contributed by atoms with van der Waals surface area (Å²) >= 11 is 0. The lowest BCUT2D eigenvalue weighted by atomic mass is 9.98. The third kappa shape index (κ3) is 47.8. The van der Waals surface area contributed by atoms with Crippen LogP contribution in [0.1, 0.15) is 290 Å². The number of aliphatic hydroxyl groups is 2. The number of esters is 3. The fourth-order valence-electron chi connectivity index (χ4n) is 9.80. The second kappa shape index (κ2) is 58.3. The van der Waals surface area contributed by atoms with Gasteiger partial charge in [-0.2, -0.15) is 0 Å². The molecule has 6 unspecified atom stereocenters. The van der Waals surface area contributed by atoms with E-state index >= 15 is 0 Å². The van der Waals surface area contributed by atoms with Gasteiger partial charge in [-0.1, -0.05) is 241 Å². The zero-order chi connectivity index (χ0) is 60.3. The SMILES string of the molecule is CC/C=C\C/C=C\C/C=C\CCCCCCCCCC(=O)OC(COC(=O)CCCCCCCCCCC/C=C\C/C=C\CCCCC)COC1OC(C(=O)O)C(O)C(O)C1OC(=O)CCCCCCCCC/C=C\C/C=C\CCCCC. The molecule has 1 aliphatic heterocycles. The minimum atomic E-state index is -1.91.